The van der Waals surface area contributed by atoms with Crippen molar-refractivity contribution in [1.82, 2.24) is 10.2 Å². The maximum atomic E-state index is 12.0. The molecule has 0 radical (unpaired) electrons. The molecule has 0 saturated carbocycles. The van der Waals surface area contributed by atoms with Crippen LogP contribution in [-0.2, 0) is 17.8 Å². The van der Waals surface area contributed by atoms with E-state index in [1.165, 1.54) is 10.4 Å². The molecule has 1 N–H and O–H groups in total. The first-order chi connectivity index (χ1) is 9.74. The predicted octanol–water partition coefficient (Wildman–Crippen LogP) is 2.58. The van der Waals surface area contributed by atoms with Crippen molar-refractivity contribution in [3.63, 3.8) is 0 Å². The van der Waals surface area contributed by atoms with Crippen LogP contribution in [0.1, 0.15) is 29.2 Å². The Hall–Kier alpha value is -1.59. The number of furan rings is 1. The second-order valence-electron chi connectivity index (χ2n) is 5.05. The van der Waals surface area contributed by atoms with E-state index >= 15 is 0 Å². The number of carbonyl (C=O) groups excluding carboxylic acids is 1. The van der Waals surface area contributed by atoms with Gasteiger partial charge in [-0.1, -0.05) is 0 Å². The largest absolute Gasteiger partial charge is 0.467 e. The monoisotopic (exact) mass is 290 g/mol. The van der Waals surface area contributed by atoms with Gasteiger partial charge in [0.25, 0.3) is 0 Å². The van der Waals surface area contributed by atoms with Gasteiger partial charge >= 0.3 is 0 Å². The van der Waals surface area contributed by atoms with Crippen LogP contribution in [0.3, 0.4) is 0 Å². The standard InChI is InChI=1S/C15H18N2O2S/c1-11-13-5-8-20-14(13)4-6-17(11)10-15(18)16-9-12-3-2-7-19-12/h2-3,5,7-8,11H,4,6,9-10H2,1H3,(H,16,18)/t11-/m0/s1. The van der Waals surface area contributed by atoms with Gasteiger partial charge < -0.3 is 9.73 Å². The van der Waals surface area contributed by atoms with E-state index in [9.17, 15) is 4.79 Å². The van der Waals surface area contributed by atoms with Crippen LogP contribution in [0.15, 0.2) is 34.3 Å². The number of rotatable bonds is 4. The van der Waals surface area contributed by atoms with Crippen molar-refractivity contribution in [2.75, 3.05) is 13.1 Å². The van der Waals surface area contributed by atoms with Gasteiger partial charge in [-0.2, -0.15) is 0 Å². The summed E-state index contributed by atoms with van der Waals surface area (Å²) in [6.45, 7) is 4.02. The fourth-order valence-electron chi connectivity index (χ4n) is 2.62. The van der Waals surface area contributed by atoms with Gasteiger partial charge in [0.05, 0.1) is 19.4 Å². The minimum absolute atomic E-state index is 0.0481. The van der Waals surface area contributed by atoms with Crippen molar-refractivity contribution in [3.05, 3.63) is 46.0 Å². The maximum Gasteiger partial charge on any atom is 0.234 e. The Morgan fingerprint density at radius 2 is 2.45 bits per heavy atom. The molecule has 1 aliphatic heterocycles. The fourth-order valence-corrected chi connectivity index (χ4v) is 3.58. The molecule has 1 aliphatic rings. The van der Waals surface area contributed by atoms with Gasteiger partial charge in [-0.3, -0.25) is 9.69 Å². The topological polar surface area (TPSA) is 45.5 Å². The highest BCUT2D eigenvalue weighted by Crippen LogP contribution is 2.32. The van der Waals surface area contributed by atoms with Gasteiger partial charge in [-0.05, 0) is 42.5 Å². The molecule has 0 saturated heterocycles. The Labute approximate surface area is 122 Å². The minimum atomic E-state index is 0.0481. The van der Waals surface area contributed by atoms with E-state index in [0.29, 0.717) is 19.1 Å². The lowest BCUT2D eigenvalue weighted by Gasteiger charge is -2.32. The number of fused-ring (bicyclic) bond motifs is 1. The van der Waals surface area contributed by atoms with Crippen molar-refractivity contribution in [1.29, 1.82) is 0 Å². The summed E-state index contributed by atoms with van der Waals surface area (Å²) in [5.41, 5.74) is 1.38. The summed E-state index contributed by atoms with van der Waals surface area (Å²) in [4.78, 5) is 15.7. The molecule has 1 amide bonds. The molecule has 5 heteroatoms. The molecule has 3 rings (SSSR count). The molecule has 0 aromatic carbocycles. The second kappa shape index (κ2) is 5.81. The molecule has 20 heavy (non-hydrogen) atoms. The van der Waals surface area contributed by atoms with Crippen LogP contribution >= 0.6 is 11.3 Å². The number of carbonyl (C=O) groups is 1. The van der Waals surface area contributed by atoms with Gasteiger partial charge in [0.2, 0.25) is 5.91 Å². The Morgan fingerprint density at radius 1 is 1.55 bits per heavy atom. The van der Waals surface area contributed by atoms with E-state index in [1.807, 2.05) is 23.5 Å². The lowest BCUT2D eigenvalue weighted by Crippen LogP contribution is -2.41. The second-order valence-corrected chi connectivity index (χ2v) is 6.05. The maximum absolute atomic E-state index is 12.0. The first kappa shape index (κ1) is 13.4. The number of nitrogens with one attached hydrogen (secondary N) is 1. The van der Waals surface area contributed by atoms with E-state index < -0.39 is 0 Å². The van der Waals surface area contributed by atoms with Crippen LogP contribution in [0.25, 0.3) is 0 Å². The van der Waals surface area contributed by atoms with Crippen molar-refractivity contribution in [2.45, 2.75) is 25.9 Å². The Balaban J connectivity index is 1.54. The zero-order valence-corrected chi connectivity index (χ0v) is 12.3. The molecule has 2 aromatic rings. The lowest BCUT2D eigenvalue weighted by molar-refractivity contribution is -0.123. The van der Waals surface area contributed by atoms with Gasteiger partial charge in [0.15, 0.2) is 0 Å². The van der Waals surface area contributed by atoms with E-state index in [0.717, 1.165) is 18.7 Å². The SMILES string of the molecule is C[C@H]1c2ccsc2CCN1CC(=O)NCc1ccco1. The Morgan fingerprint density at radius 3 is 3.25 bits per heavy atom. The number of amides is 1. The molecule has 0 aliphatic carbocycles. The summed E-state index contributed by atoms with van der Waals surface area (Å²) in [6, 6.07) is 6.19. The summed E-state index contributed by atoms with van der Waals surface area (Å²) in [5, 5.41) is 5.04. The number of thiophene rings is 1. The molecule has 4 nitrogen and oxygen atoms in total. The molecule has 3 heterocycles. The summed E-state index contributed by atoms with van der Waals surface area (Å²) < 4.78 is 5.20. The highest BCUT2D eigenvalue weighted by Gasteiger charge is 2.25. The van der Waals surface area contributed by atoms with E-state index in [2.05, 4.69) is 28.6 Å². The van der Waals surface area contributed by atoms with E-state index in [4.69, 9.17) is 4.42 Å². The average molecular weight is 290 g/mol. The van der Waals surface area contributed by atoms with Crippen LogP contribution in [0.4, 0.5) is 0 Å². The molecular formula is C15H18N2O2S. The van der Waals surface area contributed by atoms with Crippen molar-refractivity contribution in [2.24, 2.45) is 0 Å². The van der Waals surface area contributed by atoms with Crippen LogP contribution in [-0.4, -0.2) is 23.9 Å². The molecule has 0 bridgehead atoms. The van der Waals surface area contributed by atoms with Crippen LogP contribution in [0.5, 0.6) is 0 Å². The summed E-state index contributed by atoms with van der Waals surface area (Å²) in [6.07, 6.45) is 2.66. The van der Waals surface area contributed by atoms with E-state index in [-0.39, 0.29) is 5.91 Å². The van der Waals surface area contributed by atoms with Gasteiger partial charge in [-0.25, -0.2) is 0 Å². The Bertz CT molecular complexity index is 576. The molecule has 2 aromatic heterocycles. The predicted molar refractivity (Wildman–Crippen MR) is 78.6 cm³/mol. The van der Waals surface area contributed by atoms with Crippen molar-refractivity contribution >= 4 is 17.2 Å². The van der Waals surface area contributed by atoms with Gasteiger partial charge in [-0.15, -0.1) is 11.3 Å². The summed E-state index contributed by atoms with van der Waals surface area (Å²) in [5.74, 6) is 0.831. The first-order valence-corrected chi connectivity index (χ1v) is 7.71. The third-order valence-corrected chi connectivity index (χ3v) is 4.79. The highest BCUT2D eigenvalue weighted by atomic mass is 32.1. The lowest BCUT2D eigenvalue weighted by atomic mass is 10.0. The third-order valence-electron chi connectivity index (χ3n) is 3.79. The zero-order valence-electron chi connectivity index (χ0n) is 11.5. The molecule has 0 fully saturated rings. The van der Waals surface area contributed by atoms with Gasteiger partial charge in [0, 0.05) is 17.5 Å². The first-order valence-electron chi connectivity index (χ1n) is 6.83. The molecule has 106 valence electrons. The molecule has 0 unspecified atom stereocenters. The smallest absolute Gasteiger partial charge is 0.234 e. The van der Waals surface area contributed by atoms with Crippen molar-refractivity contribution in [3.8, 4) is 0 Å². The van der Waals surface area contributed by atoms with Crippen LogP contribution in [0.2, 0.25) is 0 Å². The summed E-state index contributed by atoms with van der Waals surface area (Å²) >= 11 is 1.82. The average Bonchev–Trinajstić information content (AvgIpc) is 3.10. The molecule has 1 atom stereocenters. The van der Waals surface area contributed by atoms with E-state index in [1.54, 1.807) is 6.26 Å². The number of hydrogen-bond donors (Lipinski definition) is 1. The number of hydrogen-bond acceptors (Lipinski definition) is 4. The molecule has 0 spiro atoms. The Kier molecular flexibility index (Phi) is 3.89. The normalized spacial score (nSPS) is 18.8. The highest BCUT2D eigenvalue weighted by molar-refractivity contribution is 7.10. The van der Waals surface area contributed by atoms with Crippen LogP contribution in [0, 0.1) is 0 Å². The molecular weight excluding hydrogens is 272 g/mol. The fraction of sp³-hybridized carbons (Fsp3) is 0.400. The van der Waals surface area contributed by atoms with Crippen molar-refractivity contribution < 1.29 is 9.21 Å². The quantitative estimate of drug-likeness (QED) is 0.941. The number of nitrogens with zero attached hydrogens (tertiary/aromatic N) is 1. The minimum Gasteiger partial charge on any atom is -0.467 e. The van der Waals surface area contributed by atoms with Gasteiger partial charge in [0.1, 0.15) is 5.76 Å². The third kappa shape index (κ3) is 2.78. The zero-order chi connectivity index (χ0) is 13.9. The van der Waals surface area contributed by atoms with Crippen LogP contribution < -0.4 is 5.32 Å². The summed E-state index contributed by atoms with van der Waals surface area (Å²) in [7, 11) is 0.